The number of ether oxygens (including phenoxy) is 1. The molecule has 1 aromatic heterocycles. The van der Waals surface area contributed by atoms with E-state index in [4.69, 9.17) is 4.74 Å². The number of carbonyl (C=O) groups excluding carboxylic acids is 1. The number of aromatic amines is 1. The maximum absolute atomic E-state index is 12.5. The van der Waals surface area contributed by atoms with Crippen molar-refractivity contribution in [3.63, 3.8) is 0 Å². The van der Waals surface area contributed by atoms with Gasteiger partial charge in [-0.15, -0.1) is 0 Å². The Morgan fingerprint density at radius 1 is 1.19 bits per heavy atom. The highest BCUT2D eigenvalue weighted by Gasteiger charge is 2.18. The quantitative estimate of drug-likeness (QED) is 0.756. The number of carbonyl (C=O) groups is 1. The molecule has 134 valence electrons. The van der Waals surface area contributed by atoms with E-state index in [2.05, 4.69) is 32.3 Å². The van der Waals surface area contributed by atoms with Gasteiger partial charge in [0, 0.05) is 37.1 Å². The van der Waals surface area contributed by atoms with E-state index in [1.807, 2.05) is 24.3 Å². The van der Waals surface area contributed by atoms with Gasteiger partial charge in [-0.2, -0.15) is 0 Å². The van der Waals surface area contributed by atoms with Crippen LogP contribution in [0.4, 0.5) is 11.4 Å². The molecule has 1 amide bonds. The molecule has 3 aromatic rings. The average molecular weight is 350 g/mol. The van der Waals surface area contributed by atoms with Gasteiger partial charge >= 0.3 is 0 Å². The molecule has 1 aliphatic heterocycles. The van der Waals surface area contributed by atoms with Crippen LogP contribution in [-0.2, 0) is 4.74 Å². The molecule has 0 unspecified atom stereocenters. The molecule has 0 radical (unpaired) electrons. The summed E-state index contributed by atoms with van der Waals surface area (Å²) < 4.78 is 5.42. The highest BCUT2D eigenvalue weighted by atomic mass is 16.5. The zero-order chi connectivity index (χ0) is 17.9. The van der Waals surface area contributed by atoms with Gasteiger partial charge in [0.15, 0.2) is 0 Å². The summed E-state index contributed by atoms with van der Waals surface area (Å²) in [5.74, 6) is -0.129. The molecule has 6 heteroatoms. The fraction of sp³-hybridized carbons (Fsp3) is 0.300. The number of methoxy groups -OCH3 is 1. The summed E-state index contributed by atoms with van der Waals surface area (Å²) in [6, 6.07) is 13.4. The second kappa shape index (κ2) is 7.17. The van der Waals surface area contributed by atoms with Crippen molar-refractivity contribution in [3.05, 3.63) is 54.4 Å². The molecule has 0 spiro atoms. The molecule has 0 atom stereocenters. The molecule has 2 heterocycles. The van der Waals surface area contributed by atoms with Gasteiger partial charge in [-0.3, -0.25) is 4.79 Å². The van der Waals surface area contributed by atoms with Crippen molar-refractivity contribution in [1.82, 2.24) is 9.97 Å². The number of nitrogens with one attached hydrogen (secondary N) is 2. The lowest BCUT2D eigenvalue weighted by atomic mass is 10.1. The number of fused-ring (bicyclic) bond motifs is 1. The number of anilines is 2. The summed E-state index contributed by atoms with van der Waals surface area (Å²) in [5.41, 5.74) is 4.27. The van der Waals surface area contributed by atoms with Crippen LogP contribution in [0.15, 0.2) is 48.8 Å². The van der Waals surface area contributed by atoms with Gasteiger partial charge in [-0.05, 0) is 55.3 Å². The first-order valence-electron chi connectivity index (χ1n) is 8.85. The molecule has 2 aromatic carbocycles. The highest BCUT2D eigenvalue weighted by molar-refractivity contribution is 6.05. The molecule has 1 saturated heterocycles. The molecule has 1 aliphatic rings. The molecule has 2 N–H and O–H groups in total. The number of rotatable bonds is 4. The highest BCUT2D eigenvalue weighted by Crippen LogP contribution is 2.23. The zero-order valence-electron chi connectivity index (χ0n) is 14.7. The van der Waals surface area contributed by atoms with Crippen molar-refractivity contribution in [2.45, 2.75) is 18.9 Å². The lowest BCUT2D eigenvalue weighted by Crippen LogP contribution is -2.36. The van der Waals surface area contributed by atoms with E-state index in [9.17, 15) is 4.79 Å². The van der Waals surface area contributed by atoms with E-state index in [1.54, 1.807) is 19.5 Å². The predicted molar refractivity (Wildman–Crippen MR) is 103 cm³/mol. The van der Waals surface area contributed by atoms with Crippen LogP contribution in [-0.4, -0.2) is 42.2 Å². The Balaban J connectivity index is 1.41. The summed E-state index contributed by atoms with van der Waals surface area (Å²) >= 11 is 0. The molecule has 1 fully saturated rings. The third kappa shape index (κ3) is 3.41. The smallest absolute Gasteiger partial charge is 0.255 e. The van der Waals surface area contributed by atoms with Gasteiger partial charge in [0.1, 0.15) is 0 Å². The Kier molecular flexibility index (Phi) is 4.58. The SMILES string of the molecule is COC1CCN(c2ccc(NC(=O)c3ccc4nc[nH]c4c3)cc2)CC1. The monoisotopic (exact) mass is 350 g/mol. The lowest BCUT2D eigenvalue weighted by Gasteiger charge is -2.33. The van der Waals surface area contributed by atoms with E-state index in [-0.39, 0.29) is 5.91 Å². The van der Waals surface area contributed by atoms with Crippen LogP contribution in [0.25, 0.3) is 11.0 Å². The average Bonchev–Trinajstić information content (AvgIpc) is 3.16. The van der Waals surface area contributed by atoms with Gasteiger partial charge in [-0.1, -0.05) is 0 Å². The number of nitrogens with zero attached hydrogens (tertiary/aromatic N) is 2. The fourth-order valence-corrected chi connectivity index (χ4v) is 3.39. The molecule has 6 nitrogen and oxygen atoms in total. The van der Waals surface area contributed by atoms with Crippen LogP contribution < -0.4 is 10.2 Å². The van der Waals surface area contributed by atoms with Crippen LogP contribution >= 0.6 is 0 Å². The Hall–Kier alpha value is -2.86. The fourth-order valence-electron chi connectivity index (χ4n) is 3.39. The van der Waals surface area contributed by atoms with E-state index >= 15 is 0 Å². The van der Waals surface area contributed by atoms with Crippen LogP contribution in [0.1, 0.15) is 23.2 Å². The number of hydrogen-bond acceptors (Lipinski definition) is 4. The van der Waals surface area contributed by atoms with Crippen molar-refractivity contribution in [2.75, 3.05) is 30.4 Å². The van der Waals surface area contributed by atoms with Crippen molar-refractivity contribution >= 4 is 28.3 Å². The third-order valence-corrected chi connectivity index (χ3v) is 4.95. The zero-order valence-corrected chi connectivity index (χ0v) is 14.7. The molecular weight excluding hydrogens is 328 g/mol. The topological polar surface area (TPSA) is 70.2 Å². The second-order valence-electron chi connectivity index (χ2n) is 6.56. The standard InChI is InChI=1S/C20H22N4O2/c1-26-17-8-10-24(11-9-17)16-5-3-15(4-6-16)23-20(25)14-2-7-18-19(12-14)22-13-21-18/h2-7,12-13,17H,8-11H2,1H3,(H,21,22)(H,23,25). The number of piperidine rings is 1. The normalized spacial score (nSPS) is 15.3. The van der Waals surface area contributed by atoms with Gasteiger partial charge in [0.2, 0.25) is 0 Å². The first-order chi connectivity index (χ1) is 12.7. The maximum atomic E-state index is 12.5. The van der Waals surface area contributed by atoms with Crippen LogP contribution in [0.3, 0.4) is 0 Å². The summed E-state index contributed by atoms with van der Waals surface area (Å²) in [6.07, 6.45) is 4.09. The molecule has 0 aliphatic carbocycles. The lowest BCUT2D eigenvalue weighted by molar-refractivity contribution is 0.0819. The van der Waals surface area contributed by atoms with Crippen LogP contribution in [0.5, 0.6) is 0 Å². The number of H-pyrrole nitrogens is 1. The van der Waals surface area contributed by atoms with Crippen molar-refractivity contribution in [2.24, 2.45) is 0 Å². The van der Waals surface area contributed by atoms with E-state index in [1.165, 1.54) is 5.69 Å². The Labute approximate surface area is 152 Å². The van der Waals surface area contributed by atoms with Gasteiger partial charge in [-0.25, -0.2) is 4.98 Å². The van der Waals surface area contributed by atoms with E-state index < -0.39 is 0 Å². The Bertz CT molecular complexity index is 896. The number of aromatic nitrogens is 2. The maximum Gasteiger partial charge on any atom is 0.255 e. The van der Waals surface area contributed by atoms with Crippen LogP contribution in [0, 0.1) is 0 Å². The summed E-state index contributed by atoms with van der Waals surface area (Å²) in [7, 11) is 1.78. The Morgan fingerprint density at radius 3 is 2.69 bits per heavy atom. The largest absolute Gasteiger partial charge is 0.381 e. The minimum Gasteiger partial charge on any atom is -0.381 e. The van der Waals surface area contributed by atoms with Crippen LogP contribution in [0.2, 0.25) is 0 Å². The second-order valence-corrected chi connectivity index (χ2v) is 6.56. The molecule has 0 bridgehead atoms. The molecular formula is C20H22N4O2. The number of imidazole rings is 1. The minimum absolute atomic E-state index is 0.129. The molecule has 26 heavy (non-hydrogen) atoms. The first-order valence-corrected chi connectivity index (χ1v) is 8.85. The van der Waals surface area contributed by atoms with E-state index in [0.29, 0.717) is 11.7 Å². The summed E-state index contributed by atoms with van der Waals surface area (Å²) in [6.45, 7) is 1.99. The minimum atomic E-state index is -0.129. The molecule has 4 rings (SSSR count). The third-order valence-electron chi connectivity index (χ3n) is 4.95. The summed E-state index contributed by atoms with van der Waals surface area (Å²) in [4.78, 5) is 22.0. The van der Waals surface area contributed by atoms with Gasteiger partial charge < -0.3 is 19.9 Å². The summed E-state index contributed by atoms with van der Waals surface area (Å²) in [5, 5.41) is 2.95. The van der Waals surface area contributed by atoms with Crippen molar-refractivity contribution in [1.29, 1.82) is 0 Å². The molecule has 0 saturated carbocycles. The van der Waals surface area contributed by atoms with Crippen molar-refractivity contribution < 1.29 is 9.53 Å². The predicted octanol–water partition coefficient (Wildman–Crippen LogP) is 3.43. The van der Waals surface area contributed by atoms with E-state index in [0.717, 1.165) is 42.7 Å². The number of hydrogen-bond donors (Lipinski definition) is 2. The first kappa shape index (κ1) is 16.6. The number of amides is 1. The van der Waals surface area contributed by atoms with Crippen molar-refractivity contribution in [3.8, 4) is 0 Å². The van der Waals surface area contributed by atoms with Gasteiger partial charge in [0.05, 0.1) is 23.5 Å². The number of benzene rings is 2. The van der Waals surface area contributed by atoms with Gasteiger partial charge in [0.25, 0.3) is 5.91 Å². The Morgan fingerprint density at radius 2 is 1.96 bits per heavy atom.